The summed E-state index contributed by atoms with van der Waals surface area (Å²) in [6.45, 7) is 3.54. The molecule has 0 radical (unpaired) electrons. The standard InChI is InChI=1S/C22H21ClN4O5S/c1-12(2)19(25-20(28)16-10-14(27(30)31)6-9-17(16)23)21(29)26-22-24-18(11-33-22)13-4-7-15(32-3)8-5-13/h4-12,19H,1-3H3,(H,25,28)(H,24,26,29)/t19-/m0/s1. The van der Waals surface area contributed by atoms with E-state index in [2.05, 4.69) is 15.6 Å². The number of nitrogens with zero attached hydrogens (tertiary/aromatic N) is 2. The highest BCUT2D eigenvalue weighted by Gasteiger charge is 2.27. The smallest absolute Gasteiger partial charge is 0.270 e. The molecule has 0 saturated carbocycles. The van der Waals surface area contributed by atoms with E-state index in [1.165, 1.54) is 23.5 Å². The van der Waals surface area contributed by atoms with Crippen molar-refractivity contribution >= 4 is 45.6 Å². The molecular weight excluding hydrogens is 468 g/mol. The van der Waals surface area contributed by atoms with Gasteiger partial charge in [0.2, 0.25) is 5.91 Å². The first kappa shape index (κ1) is 24.1. The van der Waals surface area contributed by atoms with Crippen molar-refractivity contribution in [2.45, 2.75) is 19.9 Å². The van der Waals surface area contributed by atoms with Crippen LogP contribution >= 0.6 is 22.9 Å². The topological polar surface area (TPSA) is 123 Å². The van der Waals surface area contributed by atoms with Crippen LogP contribution in [0.5, 0.6) is 5.75 Å². The largest absolute Gasteiger partial charge is 0.497 e. The van der Waals surface area contributed by atoms with Gasteiger partial charge in [-0.3, -0.25) is 19.7 Å². The number of benzene rings is 2. The fourth-order valence-corrected chi connectivity index (χ4v) is 3.89. The van der Waals surface area contributed by atoms with Crippen LogP contribution in [0.3, 0.4) is 0 Å². The molecule has 2 amide bonds. The van der Waals surface area contributed by atoms with Crippen LogP contribution in [0.15, 0.2) is 47.8 Å². The van der Waals surface area contributed by atoms with Crippen LogP contribution in [0.25, 0.3) is 11.3 Å². The molecule has 0 aliphatic carbocycles. The fraction of sp³-hybridized carbons (Fsp3) is 0.227. The summed E-state index contributed by atoms with van der Waals surface area (Å²) in [5.74, 6) is -0.694. The highest BCUT2D eigenvalue weighted by molar-refractivity contribution is 7.14. The molecule has 3 rings (SSSR count). The van der Waals surface area contributed by atoms with Gasteiger partial charge in [-0.15, -0.1) is 11.3 Å². The Morgan fingerprint density at radius 3 is 2.48 bits per heavy atom. The third kappa shape index (κ3) is 5.85. The Morgan fingerprint density at radius 2 is 1.88 bits per heavy atom. The first-order chi connectivity index (χ1) is 15.7. The van der Waals surface area contributed by atoms with Gasteiger partial charge in [0.05, 0.1) is 28.3 Å². The average molecular weight is 489 g/mol. The lowest BCUT2D eigenvalue weighted by Crippen LogP contribution is -2.47. The zero-order chi connectivity index (χ0) is 24.1. The van der Waals surface area contributed by atoms with Gasteiger partial charge in [0.1, 0.15) is 11.8 Å². The minimum absolute atomic E-state index is 0.0464. The third-order valence-electron chi connectivity index (χ3n) is 4.76. The van der Waals surface area contributed by atoms with Gasteiger partial charge >= 0.3 is 0 Å². The van der Waals surface area contributed by atoms with Gasteiger partial charge in [0.25, 0.3) is 11.6 Å². The Labute approximate surface area is 198 Å². The van der Waals surface area contributed by atoms with Gasteiger partial charge < -0.3 is 15.4 Å². The number of anilines is 1. The summed E-state index contributed by atoms with van der Waals surface area (Å²) in [5, 5.41) is 18.6. The summed E-state index contributed by atoms with van der Waals surface area (Å²) in [6.07, 6.45) is 0. The first-order valence-corrected chi connectivity index (χ1v) is 11.1. The van der Waals surface area contributed by atoms with Crippen molar-refractivity contribution in [3.05, 3.63) is 68.5 Å². The van der Waals surface area contributed by atoms with E-state index in [-0.39, 0.29) is 22.2 Å². The van der Waals surface area contributed by atoms with Gasteiger partial charge in [-0.05, 0) is 36.2 Å². The number of rotatable bonds is 8. The molecule has 2 N–H and O–H groups in total. The molecule has 33 heavy (non-hydrogen) atoms. The number of methoxy groups -OCH3 is 1. The highest BCUT2D eigenvalue weighted by atomic mass is 35.5. The normalized spacial score (nSPS) is 11.7. The van der Waals surface area contributed by atoms with E-state index in [0.29, 0.717) is 10.8 Å². The summed E-state index contributed by atoms with van der Waals surface area (Å²) in [4.78, 5) is 40.5. The number of hydrogen-bond acceptors (Lipinski definition) is 7. The van der Waals surface area contributed by atoms with Gasteiger partial charge in [-0.1, -0.05) is 25.4 Å². The second-order valence-electron chi connectivity index (χ2n) is 7.37. The third-order valence-corrected chi connectivity index (χ3v) is 5.85. The fourth-order valence-electron chi connectivity index (χ4n) is 2.96. The minimum Gasteiger partial charge on any atom is -0.497 e. The maximum absolute atomic E-state index is 12.9. The molecule has 172 valence electrons. The number of hydrogen-bond donors (Lipinski definition) is 2. The molecule has 3 aromatic rings. The Bertz CT molecular complexity index is 1180. The molecule has 0 saturated heterocycles. The Balaban J connectivity index is 1.73. The van der Waals surface area contributed by atoms with E-state index in [0.717, 1.165) is 17.4 Å². The van der Waals surface area contributed by atoms with Gasteiger partial charge in [0.15, 0.2) is 5.13 Å². The zero-order valence-corrected chi connectivity index (χ0v) is 19.6. The number of ether oxygens (including phenoxy) is 1. The van der Waals surface area contributed by atoms with E-state index in [4.69, 9.17) is 16.3 Å². The van der Waals surface area contributed by atoms with Crippen molar-refractivity contribution in [1.29, 1.82) is 0 Å². The van der Waals surface area contributed by atoms with Crippen molar-refractivity contribution < 1.29 is 19.2 Å². The van der Waals surface area contributed by atoms with Crippen molar-refractivity contribution in [3.8, 4) is 17.0 Å². The van der Waals surface area contributed by atoms with Crippen molar-refractivity contribution in [1.82, 2.24) is 10.3 Å². The monoisotopic (exact) mass is 488 g/mol. The summed E-state index contributed by atoms with van der Waals surface area (Å²) in [5.41, 5.74) is 1.19. The lowest BCUT2D eigenvalue weighted by atomic mass is 10.0. The maximum Gasteiger partial charge on any atom is 0.270 e. The molecule has 0 aliphatic heterocycles. The zero-order valence-electron chi connectivity index (χ0n) is 18.0. The van der Waals surface area contributed by atoms with Crippen molar-refractivity contribution in [2.75, 3.05) is 12.4 Å². The van der Waals surface area contributed by atoms with E-state index in [1.54, 1.807) is 21.0 Å². The van der Waals surface area contributed by atoms with E-state index < -0.39 is 22.8 Å². The van der Waals surface area contributed by atoms with Gasteiger partial charge in [-0.2, -0.15) is 0 Å². The molecule has 11 heteroatoms. The van der Waals surface area contributed by atoms with Crippen LogP contribution in [0, 0.1) is 16.0 Å². The number of halogens is 1. The number of amides is 2. The molecule has 9 nitrogen and oxygen atoms in total. The van der Waals surface area contributed by atoms with E-state index in [9.17, 15) is 19.7 Å². The number of thiazole rings is 1. The van der Waals surface area contributed by atoms with Crippen molar-refractivity contribution in [3.63, 3.8) is 0 Å². The van der Waals surface area contributed by atoms with Crippen LogP contribution in [0.2, 0.25) is 5.02 Å². The van der Waals surface area contributed by atoms with Crippen LogP contribution in [0.1, 0.15) is 24.2 Å². The summed E-state index contributed by atoms with van der Waals surface area (Å²) < 4.78 is 5.15. The Hall–Kier alpha value is -3.50. The predicted molar refractivity (Wildman–Crippen MR) is 127 cm³/mol. The molecular formula is C22H21ClN4O5S. The van der Waals surface area contributed by atoms with Gasteiger partial charge in [0, 0.05) is 23.1 Å². The Morgan fingerprint density at radius 1 is 1.18 bits per heavy atom. The Kier molecular flexibility index (Phi) is 7.62. The van der Waals surface area contributed by atoms with E-state index >= 15 is 0 Å². The molecule has 1 aromatic heterocycles. The molecule has 2 aromatic carbocycles. The molecule has 0 unspecified atom stereocenters. The number of carbonyl (C=O) groups is 2. The van der Waals surface area contributed by atoms with Crippen molar-refractivity contribution in [2.24, 2.45) is 5.92 Å². The van der Waals surface area contributed by atoms with E-state index in [1.807, 2.05) is 29.6 Å². The number of carbonyl (C=O) groups excluding carboxylic acids is 2. The lowest BCUT2D eigenvalue weighted by molar-refractivity contribution is -0.384. The first-order valence-electron chi connectivity index (χ1n) is 9.85. The highest BCUT2D eigenvalue weighted by Crippen LogP contribution is 2.27. The molecule has 0 spiro atoms. The molecule has 0 bridgehead atoms. The predicted octanol–water partition coefficient (Wildman–Crippen LogP) is 4.77. The second kappa shape index (κ2) is 10.4. The number of nitro benzene ring substituents is 1. The number of non-ortho nitro benzene ring substituents is 1. The lowest BCUT2D eigenvalue weighted by Gasteiger charge is -2.21. The number of nitro groups is 1. The molecule has 1 atom stereocenters. The van der Waals surface area contributed by atoms with Crippen LogP contribution in [-0.2, 0) is 4.79 Å². The number of aromatic nitrogens is 1. The minimum atomic E-state index is -0.916. The van der Waals surface area contributed by atoms with Crippen LogP contribution < -0.4 is 15.4 Å². The van der Waals surface area contributed by atoms with Crippen LogP contribution in [-0.4, -0.2) is 34.9 Å². The quantitative estimate of drug-likeness (QED) is 0.347. The number of nitrogens with one attached hydrogen (secondary N) is 2. The van der Waals surface area contributed by atoms with Gasteiger partial charge in [-0.25, -0.2) is 4.98 Å². The maximum atomic E-state index is 12.9. The second-order valence-corrected chi connectivity index (χ2v) is 8.64. The molecule has 1 heterocycles. The summed E-state index contributed by atoms with van der Waals surface area (Å²) in [6, 6.07) is 9.99. The molecule has 0 aliphatic rings. The van der Waals surface area contributed by atoms with Crippen LogP contribution in [0.4, 0.5) is 10.8 Å². The summed E-state index contributed by atoms with van der Waals surface area (Å²) in [7, 11) is 1.59. The SMILES string of the molecule is COc1ccc(-c2csc(NC(=O)[C@@H](NC(=O)c3cc([N+](=O)[O-])ccc3Cl)C(C)C)n2)cc1. The molecule has 0 fully saturated rings. The average Bonchev–Trinajstić information content (AvgIpc) is 3.25. The summed E-state index contributed by atoms with van der Waals surface area (Å²) >= 11 is 7.30.